The maximum Gasteiger partial charge on any atom is 0.338 e. The minimum atomic E-state index is -0.492. The van der Waals surface area contributed by atoms with Crippen LogP contribution in [0, 0.1) is 6.92 Å². The summed E-state index contributed by atoms with van der Waals surface area (Å²) < 4.78 is 16.2. The number of hydrazone groups is 1. The topological polar surface area (TPSA) is 144 Å². The molecule has 0 aliphatic rings. The molecule has 0 atom stereocenters. The van der Waals surface area contributed by atoms with Crippen LogP contribution < -0.4 is 25.5 Å². The van der Waals surface area contributed by atoms with Crippen LogP contribution in [0.1, 0.15) is 45.7 Å². The van der Waals surface area contributed by atoms with Gasteiger partial charge in [-0.25, -0.2) is 10.2 Å². The summed E-state index contributed by atoms with van der Waals surface area (Å²) in [6, 6.07) is 18.3. The average molecular weight is 561 g/mol. The van der Waals surface area contributed by atoms with E-state index in [0.717, 1.165) is 5.56 Å². The Morgan fingerprint density at radius 1 is 0.829 bits per heavy atom. The highest BCUT2D eigenvalue weighted by molar-refractivity contribution is 5.97. The molecular formula is C30H32N4O7. The van der Waals surface area contributed by atoms with E-state index in [2.05, 4.69) is 21.2 Å². The largest absolute Gasteiger partial charge is 0.490 e. The first-order chi connectivity index (χ1) is 19.8. The molecule has 0 spiro atoms. The molecule has 0 heterocycles. The highest BCUT2D eigenvalue weighted by Crippen LogP contribution is 2.28. The number of carbonyl (C=O) groups excluding carboxylic acids is 4. The lowest BCUT2D eigenvalue weighted by Crippen LogP contribution is -2.34. The second kappa shape index (κ2) is 15.4. The molecule has 11 heteroatoms. The van der Waals surface area contributed by atoms with Crippen molar-refractivity contribution in [1.29, 1.82) is 0 Å². The molecule has 0 saturated heterocycles. The molecule has 0 aliphatic carbocycles. The van der Waals surface area contributed by atoms with Gasteiger partial charge in [-0.1, -0.05) is 17.7 Å². The number of hydrogen-bond donors (Lipinski definition) is 3. The molecule has 41 heavy (non-hydrogen) atoms. The Labute approximate surface area is 237 Å². The lowest BCUT2D eigenvalue weighted by molar-refractivity contribution is -0.120. The lowest BCUT2D eigenvalue weighted by atomic mass is 10.1. The number of esters is 1. The Kier molecular flexibility index (Phi) is 11.4. The van der Waals surface area contributed by atoms with Gasteiger partial charge in [0.1, 0.15) is 0 Å². The fraction of sp³-hybridized carbons (Fsp3) is 0.233. The number of ether oxygens (including phenoxy) is 3. The maximum atomic E-state index is 12.4. The van der Waals surface area contributed by atoms with E-state index in [9.17, 15) is 19.2 Å². The van der Waals surface area contributed by atoms with Crippen LogP contribution in [-0.4, -0.2) is 56.3 Å². The van der Waals surface area contributed by atoms with Crippen LogP contribution in [-0.2, 0) is 14.3 Å². The van der Waals surface area contributed by atoms with Gasteiger partial charge < -0.3 is 24.8 Å². The Balaban J connectivity index is 1.49. The van der Waals surface area contributed by atoms with E-state index < -0.39 is 17.8 Å². The number of hydrogen-bond acceptors (Lipinski definition) is 8. The third-order valence-corrected chi connectivity index (χ3v) is 5.40. The Hall–Kier alpha value is -5.19. The van der Waals surface area contributed by atoms with Crippen LogP contribution in [0.4, 0.5) is 5.69 Å². The van der Waals surface area contributed by atoms with Crippen LogP contribution in [0.3, 0.4) is 0 Å². The van der Waals surface area contributed by atoms with E-state index >= 15 is 0 Å². The van der Waals surface area contributed by atoms with Gasteiger partial charge in [-0.2, -0.15) is 5.10 Å². The van der Waals surface area contributed by atoms with E-state index in [1.807, 2.05) is 19.9 Å². The molecule has 11 nitrogen and oxygen atoms in total. The molecule has 0 radical (unpaired) electrons. The van der Waals surface area contributed by atoms with Crippen molar-refractivity contribution in [2.24, 2.45) is 5.10 Å². The first-order valence-corrected chi connectivity index (χ1v) is 12.9. The second-order valence-corrected chi connectivity index (χ2v) is 8.62. The van der Waals surface area contributed by atoms with Crippen LogP contribution in [0.25, 0.3) is 0 Å². The summed E-state index contributed by atoms with van der Waals surface area (Å²) in [4.78, 5) is 48.4. The standard InChI is InChI=1S/C30H32N4O7/c1-4-39-26-16-21(17-32-34-27(35)18-31-29(37)23-8-6-7-20(3)15-23)9-14-25(26)41-19-28(36)33-24-12-10-22(11-13-24)30(38)40-5-2/h6-17H,4-5,18-19H2,1-3H3,(H,31,37)(H,33,36)(H,34,35). The minimum absolute atomic E-state index is 0.237. The number of aryl methyl sites for hydroxylation is 1. The summed E-state index contributed by atoms with van der Waals surface area (Å²) in [5, 5.41) is 9.16. The zero-order valence-electron chi connectivity index (χ0n) is 23.1. The zero-order valence-corrected chi connectivity index (χ0v) is 23.1. The van der Waals surface area contributed by atoms with Crippen molar-refractivity contribution >= 4 is 35.6 Å². The Bertz CT molecular complexity index is 1400. The van der Waals surface area contributed by atoms with Gasteiger partial charge in [-0.05, 0) is 80.9 Å². The Morgan fingerprint density at radius 3 is 2.32 bits per heavy atom. The van der Waals surface area contributed by atoms with Gasteiger partial charge in [-0.3, -0.25) is 14.4 Å². The van der Waals surface area contributed by atoms with E-state index in [1.165, 1.54) is 6.21 Å². The number of rotatable bonds is 13. The number of carbonyl (C=O) groups is 4. The number of anilines is 1. The first-order valence-electron chi connectivity index (χ1n) is 12.9. The maximum absolute atomic E-state index is 12.4. The van der Waals surface area contributed by atoms with Crippen molar-refractivity contribution in [3.05, 3.63) is 89.0 Å². The Morgan fingerprint density at radius 2 is 1.61 bits per heavy atom. The summed E-state index contributed by atoms with van der Waals surface area (Å²) in [6.45, 7) is 5.52. The summed E-state index contributed by atoms with van der Waals surface area (Å²) in [7, 11) is 0. The molecule has 3 aromatic rings. The predicted molar refractivity (Wildman–Crippen MR) is 153 cm³/mol. The average Bonchev–Trinajstić information content (AvgIpc) is 2.96. The van der Waals surface area contributed by atoms with Crippen molar-refractivity contribution in [2.45, 2.75) is 20.8 Å². The number of nitrogens with zero attached hydrogens (tertiary/aromatic N) is 1. The summed E-state index contributed by atoms with van der Waals surface area (Å²) in [5.41, 5.74) is 5.26. The van der Waals surface area contributed by atoms with Crippen molar-refractivity contribution in [3.63, 3.8) is 0 Å². The SMILES string of the molecule is CCOC(=O)c1ccc(NC(=O)COc2ccc(C=NNC(=O)CNC(=O)c3cccc(C)c3)cc2OCC)cc1. The van der Waals surface area contributed by atoms with E-state index in [0.29, 0.717) is 40.5 Å². The van der Waals surface area contributed by atoms with Crippen molar-refractivity contribution < 1.29 is 33.4 Å². The smallest absolute Gasteiger partial charge is 0.338 e. The van der Waals surface area contributed by atoms with Crippen LogP contribution in [0.5, 0.6) is 11.5 Å². The summed E-state index contributed by atoms with van der Waals surface area (Å²) >= 11 is 0. The number of nitrogens with one attached hydrogen (secondary N) is 3. The second-order valence-electron chi connectivity index (χ2n) is 8.62. The molecule has 0 aliphatic heterocycles. The number of amides is 3. The quantitative estimate of drug-likeness (QED) is 0.165. The number of benzene rings is 3. The molecule has 3 rings (SSSR count). The van der Waals surface area contributed by atoms with Gasteiger partial charge in [0.05, 0.1) is 31.5 Å². The molecule has 0 bridgehead atoms. The fourth-order valence-electron chi connectivity index (χ4n) is 3.50. The molecule has 214 valence electrons. The monoisotopic (exact) mass is 560 g/mol. The fourth-order valence-corrected chi connectivity index (χ4v) is 3.50. The molecule has 0 unspecified atom stereocenters. The molecule has 0 saturated carbocycles. The third-order valence-electron chi connectivity index (χ3n) is 5.40. The molecular weight excluding hydrogens is 528 g/mol. The third kappa shape index (κ3) is 9.81. The predicted octanol–water partition coefficient (Wildman–Crippen LogP) is 3.47. The van der Waals surface area contributed by atoms with Gasteiger partial charge in [0.25, 0.3) is 17.7 Å². The van der Waals surface area contributed by atoms with Gasteiger partial charge in [0, 0.05) is 11.3 Å². The first kappa shape index (κ1) is 30.4. The highest BCUT2D eigenvalue weighted by atomic mass is 16.5. The lowest BCUT2D eigenvalue weighted by Gasteiger charge is -2.13. The van der Waals surface area contributed by atoms with Gasteiger partial charge in [0.2, 0.25) is 0 Å². The van der Waals surface area contributed by atoms with Crippen molar-refractivity contribution in [1.82, 2.24) is 10.7 Å². The van der Waals surface area contributed by atoms with Gasteiger partial charge in [-0.15, -0.1) is 0 Å². The molecule has 3 aromatic carbocycles. The van der Waals surface area contributed by atoms with E-state index in [4.69, 9.17) is 14.2 Å². The normalized spacial score (nSPS) is 10.5. The molecule has 3 amide bonds. The minimum Gasteiger partial charge on any atom is -0.490 e. The zero-order chi connectivity index (χ0) is 29.6. The summed E-state index contributed by atoms with van der Waals surface area (Å²) in [6.07, 6.45) is 1.42. The van der Waals surface area contributed by atoms with Crippen molar-refractivity contribution in [2.75, 3.05) is 31.7 Å². The van der Waals surface area contributed by atoms with Crippen LogP contribution in [0.15, 0.2) is 71.8 Å². The van der Waals surface area contributed by atoms with E-state index in [-0.39, 0.29) is 25.7 Å². The molecule has 0 fully saturated rings. The summed E-state index contributed by atoms with van der Waals surface area (Å²) in [5.74, 6) is -0.951. The highest BCUT2D eigenvalue weighted by Gasteiger charge is 2.11. The van der Waals surface area contributed by atoms with Gasteiger partial charge in [0.15, 0.2) is 18.1 Å². The molecule has 3 N–H and O–H groups in total. The van der Waals surface area contributed by atoms with Crippen molar-refractivity contribution in [3.8, 4) is 11.5 Å². The van der Waals surface area contributed by atoms with Gasteiger partial charge >= 0.3 is 5.97 Å². The molecule has 0 aromatic heterocycles. The van der Waals surface area contributed by atoms with Crippen LogP contribution >= 0.6 is 0 Å². The van der Waals surface area contributed by atoms with Crippen LogP contribution in [0.2, 0.25) is 0 Å². The van der Waals surface area contributed by atoms with E-state index in [1.54, 1.807) is 67.6 Å².